The first-order valence-electron chi connectivity index (χ1n) is 7.70. The fourth-order valence-electron chi connectivity index (χ4n) is 2.36. The molecule has 1 aromatic carbocycles. The predicted octanol–water partition coefficient (Wildman–Crippen LogP) is 1.88. The average molecular weight is 345 g/mol. The van der Waals surface area contributed by atoms with E-state index < -0.39 is 10.0 Å². The van der Waals surface area contributed by atoms with E-state index in [4.69, 9.17) is 4.74 Å². The Bertz CT molecular complexity index is 892. The molecule has 1 N–H and O–H groups in total. The van der Waals surface area contributed by atoms with Crippen molar-refractivity contribution in [2.24, 2.45) is 0 Å². The van der Waals surface area contributed by atoms with Gasteiger partial charge in [-0.2, -0.15) is 0 Å². The summed E-state index contributed by atoms with van der Waals surface area (Å²) in [4.78, 5) is 4.17. The first kappa shape index (κ1) is 16.5. The molecule has 2 aromatic heterocycles. The fourth-order valence-corrected chi connectivity index (χ4v) is 3.40. The van der Waals surface area contributed by atoms with Crippen LogP contribution in [-0.2, 0) is 16.4 Å². The molecule has 3 aromatic rings. The van der Waals surface area contributed by atoms with Gasteiger partial charge in [-0.05, 0) is 24.1 Å². The summed E-state index contributed by atoms with van der Waals surface area (Å²) in [7, 11) is -3.32. The van der Waals surface area contributed by atoms with Crippen molar-refractivity contribution in [1.82, 2.24) is 14.1 Å². The maximum atomic E-state index is 12.0. The van der Waals surface area contributed by atoms with Gasteiger partial charge in [0.25, 0.3) is 0 Å². The highest BCUT2D eigenvalue weighted by Gasteiger charge is 2.10. The topological polar surface area (TPSA) is 72.7 Å². The summed E-state index contributed by atoms with van der Waals surface area (Å²) in [5.41, 5.74) is 1.79. The molecule has 6 nitrogen and oxygen atoms in total. The van der Waals surface area contributed by atoms with Crippen molar-refractivity contribution < 1.29 is 13.2 Å². The molecule has 0 saturated carbocycles. The van der Waals surface area contributed by atoms with E-state index in [1.165, 1.54) is 0 Å². The molecule has 0 aliphatic rings. The van der Waals surface area contributed by atoms with E-state index in [-0.39, 0.29) is 18.9 Å². The van der Waals surface area contributed by atoms with Gasteiger partial charge in [0, 0.05) is 18.9 Å². The molecule has 0 aliphatic carbocycles. The van der Waals surface area contributed by atoms with Gasteiger partial charge < -0.3 is 4.74 Å². The van der Waals surface area contributed by atoms with E-state index in [1.807, 2.05) is 52.9 Å². The molecule has 24 heavy (non-hydrogen) atoms. The Kier molecular flexibility index (Phi) is 5.12. The van der Waals surface area contributed by atoms with E-state index in [0.29, 0.717) is 12.3 Å². The van der Waals surface area contributed by atoms with Crippen molar-refractivity contribution in [3.63, 3.8) is 0 Å². The standard InChI is InChI=1S/C17H19N3O3S/c21-24(22,14-9-15-5-2-1-3-6-15)19-11-13-23-17-8-4-7-16-18-10-12-20(16)17/h1-8,10,12,19H,9,11,13-14H2. The second-order valence-electron chi connectivity index (χ2n) is 5.32. The quantitative estimate of drug-likeness (QED) is 0.633. The van der Waals surface area contributed by atoms with Crippen LogP contribution in [0.2, 0.25) is 0 Å². The number of benzene rings is 1. The summed E-state index contributed by atoms with van der Waals surface area (Å²) >= 11 is 0. The Hall–Kier alpha value is -2.38. The molecule has 0 amide bonds. The van der Waals surface area contributed by atoms with Gasteiger partial charge in [-0.3, -0.25) is 4.40 Å². The van der Waals surface area contributed by atoms with E-state index in [0.717, 1.165) is 11.2 Å². The Balaban J connectivity index is 1.46. The summed E-state index contributed by atoms with van der Waals surface area (Å²) in [5, 5.41) is 0. The van der Waals surface area contributed by atoms with Gasteiger partial charge in [-0.1, -0.05) is 36.4 Å². The van der Waals surface area contributed by atoms with Gasteiger partial charge in [-0.25, -0.2) is 18.1 Å². The van der Waals surface area contributed by atoms with Crippen LogP contribution in [0.4, 0.5) is 0 Å². The number of sulfonamides is 1. The van der Waals surface area contributed by atoms with Crippen molar-refractivity contribution in [3.05, 3.63) is 66.5 Å². The number of pyridine rings is 1. The maximum Gasteiger partial charge on any atom is 0.212 e. The van der Waals surface area contributed by atoms with E-state index >= 15 is 0 Å². The SMILES string of the molecule is O=S(=O)(CCc1ccccc1)NCCOc1cccc2nccn12. The zero-order chi connectivity index (χ0) is 16.8. The van der Waals surface area contributed by atoms with Crippen LogP contribution in [0.15, 0.2) is 60.9 Å². The highest BCUT2D eigenvalue weighted by atomic mass is 32.2. The largest absolute Gasteiger partial charge is 0.477 e. The molecule has 0 radical (unpaired) electrons. The Morgan fingerprint density at radius 2 is 1.92 bits per heavy atom. The normalized spacial score (nSPS) is 11.7. The van der Waals surface area contributed by atoms with Gasteiger partial charge in [0.2, 0.25) is 10.0 Å². The van der Waals surface area contributed by atoms with Crippen LogP contribution in [0.5, 0.6) is 5.88 Å². The minimum Gasteiger partial charge on any atom is -0.477 e. The average Bonchev–Trinajstić information content (AvgIpc) is 3.07. The van der Waals surface area contributed by atoms with Crippen molar-refractivity contribution in [2.75, 3.05) is 18.9 Å². The van der Waals surface area contributed by atoms with Crippen LogP contribution in [0.25, 0.3) is 5.65 Å². The molecular weight excluding hydrogens is 326 g/mol. The number of hydrogen-bond donors (Lipinski definition) is 1. The summed E-state index contributed by atoms with van der Waals surface area (Å²) in [6, 6.07) is 15.1. The van der Waals surface area contributed by atoms with Gasteiger partial charge in [0.05, 0.1) is 5.75 Å². The third-order valence-electron chi connectivity index (χ3n) is 3.57. The molecule has 7 heteroatoms. The van der Waals surface area contributed by atoms with Crippen LogP contribution in [0.3, 0.4) is 0 Å². The van der Waals surface area contributed by atoms with Gasteiger partial charge >= 0.3 is 0 Å². The molecule has 0 unspecified atom stereocenters. The highest BCUT2D eigenvalue weighted by molar-refractivity contribution is 7.89. The Morgan fingerprint density at radius 3 is 2.75 bits per heavy atom. The van der Waals surface area contributed by atoms with Crippen LogP contribution < -0.4 is 9.46 Å². The van der Waals surface area contributed by atoms with Gasteiger partial charge in [-0.15, -0.1) is 0 Å². The van der Waals surface area contributed by atoms with E-state index in [1.54, 1.807) is 12.4 Å². The van der Waals surface area contributed by atoms with Crippen LogP contribution >= 0.6 is 0 Å². The first-order valence-corrected chi connectivity index (χ1v) is 9.35. The van der Waals surface area contributed by atoms with Crippen LogP contribution in [-0.4, -0.2) is 36.7 Å². The molecule has 3 rings (SSSR count). The Morgan fingerprint density at radius 1 is 1.08 bits per heavy atom. The number of fused-ring (bicyclic) bond motifs is 1. The number of aromatic nitrogens is 2. The summed E-state index contributed by atoms with van der Waals surface area (Å²) in [5.74, 6) is 0.696. The lowest BCUT2D eigenvalue weighted by molar-refractivity contribution is 0.307. The smallest absolute Gasteiger partial charge is 0.212 e. The second-order valence-corrected chi connectivity index (χ2v) is 7.24. The predicted molar refractivity (Wildman–Crippen MR) is 92.6 cm³/mol. The van der Waals surface area contributed by atoms with E-state index in [9.17, 15) is 8.42 Å². The highest BCUT2D eigenvalue weighted by Crippen LogP contribution is 2.13. The summed E-state index contributed by atoms with van der Waals surface area (Å²) in [6.07, 6.45) is 3.98. The second kappa shape index (κ2) is 7.46. The molecular formula is C17H19N3O3S. The van der Waals surface area contributed by atoms with Crippen LogP contribution in [0, 0.1) is 0 Å². The molecule has 126 valence electrons. The summed E-state index contributed by atoms with van der Waals surface area (Å²) in [6.45, 7) is 0.476. The van der Waals surface area contributed by atoms with Gasteiger partial charge in [0.15, 0.2) is 5.88 Å². The molecule has 0 atom stereocenters. The van der Waals surface area contributed by atoms with Crippen molar-refractivity contribution in [3.8, 4) is 5.88 Å². The van der Waals surface area contributed by atoms with Crippen molar-refractivity contribution >= 4 is 15.7 Å². The first-order chi connectivity index (χ1) is 11.6. The van der Waals surface area contributed by atoms with Gasteiger partial charge in [0.1, 0.15) is 12.3 Å². The number of aryl methyl sites for hydroxylation is 1. The lowest BCUT2D eigenvalue weighted by atomic mass is 10.2. The fraction of sp³-hybridized carbons (Fsp3) is 0.235. The molecule has 0 spiro atoms. The number of nitrogens with zero attached hydrogens (tertiary/aromatic N) is 2. The Labute approximate surface area is 141 Å². The number of nitrogens with one attached hydrogen (secondary N) is 1. The number of rotatable bonds is 8. The minimum absolute atomic E-state index is 0.0636. The van der Waals surface area contributed by atoms with E-state index in [2.05, 4.69) is 9.71 Å². The zero-order valence-corrected chi connectivity index (χ0v) is 13.9. The minimum atomic E-state index is -3.32. The lowest BCUT2D eigenvalue weighted by Gasteiger charge is -2.10. The molecule has 0 saturated heterocycles. The summed E-state index contributed by atoms with van der Waals surface area (Å²) < 4.78 is 34.0. The zero-order valence-electron chi connectivity index (χ0n) is 13.1. The number of ether oxygens (including phenoxy) is 1. The number of hydrogen-bond acceptors (Lipinski definition) is 4. The molecule has 0 bridgehead atoms. The molecule has 0 fully saturated rings. The maximum absolute atomic E-state index is 12.0. The lowest BCUT2D eigenvalue weighted by Crippen LogP contribution is -2.31. The molecule has 0 aliphatic heterocycles. The van der Waals surface area contributed by atoms with Crippen molar-refractivity contribution in [2.45, 2.75) is 6.42 Å². The number of imidazole rings is 1. The van der Waals surface area contributed by atoms with Crippen molar-refractivity contribution in [1.29, 1.82) is 0 Å². The third kappa shape index (κ3) is 4.33. The van der Waals surface area contributed by atoms with Crippen LogP contribution in [0.1, 0.15) is 5.56 Å². The monoisotopic (exact) mass is 345 g/mol. The molecule has 2 heterocycles. The third-order valence-corrected chi connectivity index (χ3v) is 4.95.